The Hall–Kier alpha value is -4.89. The Kier molecular flexibility index (Phi) is 7.39. The van der Waals surface area contributed by atoms with Crippen LogP contribution in [0, 0.1) is 6.92 Å². The second-order valence-electron chi connectivity index (χ2n) is 9.02. The average Bonchev–Trinajstić information content (AvgIpc) is 3.20. The van der Waals surface area contributed by atoms with Crippen molar-refractivity contribution in [2.45, 2.75) is 6.92 Å². The van der Waals surface area contributed by atoms with Crippen LogP contribution in [-0.4, -0.2) is 28.2 Å². The summed E-state index contributed by atoms with van der Waals surface area (Å²) in [5, 5.41) is 0. The molecule has 9 heteroatoms. The molecule has 2 heterocycles. The summed E-state index contributed by atoms with van der Waals surface area (Å²) in [6, 6.07) is 23.6. The number of ether oxygens (including phenoxy) is 2. The van der Waals surface area contributed by atoms with E-state index in [1.807, 2.05) is 42.5 Å². The van der Waals surface area contributed by atoms with E-state index in [2.05, 4.69) is 0 Å². The zero-order chi connectivity index (χ0) is 28.4. The molecule has 2 aromatic heterocycles. The van der Waals surface area contributed by atoms with Gasteiger partial charge in [0.25, 0.3) is 16.7 Å². The van der Waals surface area contributed by atoms with Crippen molar-refractivity contribution in [3.8, 4) is 22.9 Å². The van der Waals surface area contributed by atoms with Gasteiger partial charge in [0.05, 0.1) is 34.7 Å². The molecule has 0 bridgehead atoms. The van der Waals surface area contributed by atoms with Gasteiger partial charge in [-0.15, -0.1) is 11.3 Å². The van der Waals surface area contributed by atoms with Gasteiger partial charge in [-0.1, -0.05) is 42.5 Å². The molecule has 0 aliphatic carbocycles. The summed E-state index contributed by atoms with van der Waals surface area (Å²) in [4.78, 5) is 41.6. The Morgan fingerprint density at radius 2 is 1.15 bits per heavy atom. The summed E-state index contributed by atoms with van der Waals surface area (Å²) in [7, 11) is 4.89. The third-order valence-corrected chi connectivity index (χ3v) is 7.65. The van der Waals surface area contributed by atoms with Gasteiger partial charge in [0.1, 0.15) is 17.2 Å². The summed E-state index contributed by atoms with van der Waals surface area (Å²) < 4.78 is 15.2. The van der Waals surface area contributed by atoms with E-state index in [0.717, 1.165) is 27.0 Å². The van der Waals surface area contributed by atoms with E-state index in [-0.39, 0.29) is 5.69 Å². The van der Waals surface area contributed by atoms with Gasteiger partial charge >= 0.3 is 0 Å². The molecule has 0 fully saturated rings. The highest BCUT2D eigenvalue weighted by Gasteiger charge is 2.21. The Morgan fingerprint density at radius 3 is 1.60 bits per heavy atom. The molecule has 3 aromatic carbocycles. The molecule has 0 amide bonds. The van der Waals surface area contributed by atoms with Crippen LogP contribution in [-0.2, 0) is 7.05 Å². The fourth-order valence-electron chi connectivity index (χ4n) is 4.42. The molecule has 0 saturated carbocycles. The highest BCUT2D eigenvalue weighted by molar-refractivity contribution is 7.07. The van der Waals surface area contributed by atoms with Crippen LogP contribution in [0.4, 0.5) is 0 Å². The monoisotopic (exact) mass is 553 g/mol. The zero-order valence-electron chi connectivity index (χ0n) is 22.5. The predicted octanol–water partition coefficient (Wildman–Crippen LogP) is 2.73. The standard InChI is InChI=1S/C31H27N3O5S/c1-20-28(31(37)34(32(20)2)23-8-6-5-7-9-23)33-29(35)26(18-21-10-14-24(38-3)15-11-21)40-27(30(33)36)19-22-12-16-25(39-4)17-13-22/h5-19H,1-4H3. The van der Waals surface area contributed by atoms with Crippen LogP contribution >= 0.6 is 11.3 Å². The third kappa shape index (κ3) is 4.94. The summed E-state index contributed by atoms with van der Waals surface area (Å²) in [6.07, 6.45) is 3.42. The maximum atomic E-state index is 13.9. The Labute approximate surface area is 233 Å². The van der Waals surface area contributed by atoms with Gasteiger partial charge in [0.15, 0.2) is 0 Å². The van der Waals surface area contributed by atoms with Gasteiger partial charge in [-0.2, -0.15) is 0 Å². The summed E-state index contributed by atoms with van der Waals surface area (Å²) >= 11 is 1.08. The zero-order valence-corrected chi connectivity index (χ0v) is 23.3. The molecular formula is C31H27N3O5S. The van der Waals surface area contributed by atoms with Crippen LogP contribution < -0.4 is 35.2 Å². The topological polar surface area (TPSA) is 84.5 Å². The van der Waals surface area contributed by atoms with Crippen molar-refractivity contribution in [1.82, 2.24) is 13.9 Å². The van der Waals surface area contributed by atoms with Crippen LogP contribution in [0.3, 0.4) is 0 Å². The number of para-hydroxylation sites is 1. The fraction of sp³-hybridized carbons (Fsp3) is 0.129. The third-order valence-electron chi connectivity index (χ3n) is 6.62. The summed E-state index contributed by atoms with van der Waals surface area (Å²) in [6.45, 7) is 1.72. The van der Waals surface area contributed by atoms with E-state index in [4.69, 9.17) is 9.47 Å². The molecule has 0 unspecified atom stereocenters. The van der Waals surface area contributed by atoms with E-state index < -0.39 is 16.7 Å². The minimum atomic E-state index is -0.566. The first-order valence-corrected chi connectivity index (χ1v) is 13.3. The van der Waals surface area contributed by atoms with Gasteiger partial charge in [-0.3, -0.25) is 19.1 Å². The normalized spacial score (nSPS) is 12.1. The van der Waals surface area contributed by atoms with E-state index >= 15 is 0 Å². The second-order valence-corrected chi connectivity index (χ2v) is 10.1. The quantitative estimate of drug-likeness (QED) is 0.323. The highest BCUT2D eigenvalue weighted by atomic mass is 32.1. The molecule has 8 nitrogen and oxygen atoms in total. The molecule has 0 spiro atoms. The van der Waals surface area contributed by atoms with Crippen LogP contribution in [0.25, 0.3) is 23.5 Å². The molecule has 0 saturated heterocycles. The minimum absolute atomic E-state index is 0.0166. The Balaban J connectivity index is 1.84. The molecule has 202 valence electrons. The lowest BCUT2D eigenvalue weighted by Gasteiger charge is -2.07. The first kappa shape index (κ1) is 26.7. The van der Waals surface area contributed by atoms with E-state index in [0.29, 0.717) is 31.9 Å². The van der Waals surface area contributed by atoms with Gasteiger partial charge in [-0.05, 0) is 66.6 Å². The maximum Gasteiger partial charge on any atom is 0.296 e. The number of hydrogen-bond donors (Lipinski definition) is 0. The molecule has 0 radical (unpaired) electrons. The smallest absolute Gasteiger partial charge is 0.296 e. The van der Waals surface area contributed by atoms with Crippen molar-refractivity contribution in [3.63, 3.8) is 0 Å². The summed E-state index contributed by atoms with van der Waals surface area (Å²) in [5.41, 5.74) is 1.03. The molecule has 40 heavy (non-hydrogen) atoms. The van der Waals surface area contributed by atoms with E-state index in [9.17, 15) is 14.4 Å². The number of benzene rings is 3. The molecule has 0 N–H and O–H groups in total. The molecule has 0 aliphatic heterocycles. The van der Waals surface area contributed by atoms with E-state index in [1.54, 1.807) is 81.4 Å². The number of nitrogens with zero attached hydrogens (tertiary/aromatic N) is 3. The van der Waals surface area contributed by atoms with Gasteiger partial charge in [0.2, 0.25) is 0 Å². The first-order valence-electron chi connectivity index (χ1n) is 12.4. The molecule has 5 aromatic rings. The minimum Gasteiger partial charge on any atom is -0.497 e. The molecule has 5 rings (SSSR count). The first-order chi connectivity index (χ1) is 19.3. The lowest BCUT2D eigenvalue weighted by molar-refractivity contribution is 0.414. The van der Waals surface area contributed by atoms with E-state index in [1.165, 1.54) is 4.68 Å². The van der Waals surface area contributed by atoms with Gasteiger partial charge < -0.3 is 9.47 Å². The van der Waals surface area contributed by atoms with Gasteiger partial charge in [-0.25, -0.2) is 9.25 Å². The van der Waals surface area contributed by atoms with Crippen LogP contribution in [0.2, 0.25) is 0 Å². The number of hydrogen-bond acceptors (Lipinski definition) is 6. The number of rotatable bonds is 6. The van der Waals surface area contributed by atoms with Crippen molar-refractivity contribution in [1.29, 1.82) is 0 Å². The van der Waals surface area contributed by atoms with Crippen LogP contribution in [0.1, 0.15) is 16.8 Å². The van der Waals surface area contributed by atoms with Crippen molar-refractivity contribution in [2.24, 2.45) is 7.05 Å². The maximum absolute atomic E-state index is 13.9. The fourth-order valence-corrected chi connectivity index (χ4v) is 5.40. The van der Waals surface area contributed by atoms with Gasteiger partial charge in [0, 0.05) is 7.05 Å². The van der Waals surface area contributed by atoms with Crippen LogP contribution in [0.5, 0.6) is 11.5 Å². The Morgan fingerprint density at radius 1 is 0.675 bits per heavy atom. The van der Waals surface area contributed by atoms with Crippen molar-refractivity contribution < 1.29 is 9.47 Å². The lowest BCUT2D eigenvalue weighted by Crippen LogP contribution is -2.48. The Bertz CT molecular complexity index is 1890. The SMILES string of the molecule is COc1ccc(C=c2sc(=Cc3ccc(OC)cc3)c(=O)n(-c3c(C)n(C)n(-c4ccccc4)c3=O)c2=O)cc1. The van der Waals surface area contributed by atoms with Crippen molar-refractivity contribution in [3.05, 3.63) is 136 Å². The molecule has 0 aliphatic rings. The summed E-state index contributed by atoms with van der Waals surface area (Å²) in [5.74, 6) is 1.37. The molecular weight excluding hydrogens is 526 g/mol. The second kappa shape index (κ2) is 11.1. The average molecular weight is 554 g/mol. The highest BCUT2D eigenvalue weighted by Crippen LogP contribution is 2.14. The van der Waals surface area contributed by atoms with Crippen molar-refractivity contribution in [2.75, 3.05) is 14.2 Å². The lowest BCUT2D eigenvalue weighted by atomic mass is 10.2. The van der Waals surface area contributed by atoms with Crippen LogP contribution in [0.15, 0.2) is 93.2 Å². The largest absolute Gasteiger partial charge is 0.497 e. The number of aromatic nitrogens is 3. The molecule has 0 atom stereocenters. The predicted molar refractivity (Wildman–Crippen MR) is 158 cm³/mol. The van der Waals surface area contributed by atoms with Crippen molar-refractivity contribution >= 4 is 23.5 Å². The number of methoxy groups -OCH3 is 2.